The van der Waals surface area contributed by atoms with Crippen molar-refractivity contribution in [3.8, 4) is 21.7 Å². The van der Waals surface area contributed by atoms with E-state index in [1.807, 2.05) is 26.2 Å². The summed E-state index contributed by atoms with van der Waals surface area (Å²) in [5.74, 6) is -0.511. The van der Waals surface area contributed by atoms with Crippen LogP contribution in [-0.2, 0) is 7.05 Å². The normalized spacial score (nSPS) is 11.3. The number of nitrogens with zero attached hydrogens (tertiary/aromatic N) is 5. The Bertz CT molecular complexity index is 1120. The maximum absolute atomic E-state index is 11.7. The van der Waals surface area contributed by atoms with E-state index in [0.29, 0.717) is 16.1 Å². The van der Waals surface area contributed by atoms with Crippen LogP contribution >= 0.6 is 11.3 Å². The Morgan fingerprint density at radius 2 is 2.04 bits per heavy atom. The summed E-state index contributed by atoms with van der Waals surface area (Å²) in [5, 5.41) is 8.61. The van der Waals surface area contributed by atoms with E-state index in [1.165, 1.54) is 17.5 Å². The summed E-state index contributed by atoms with van der Waals surface area (Å²) in [5.41, 5.74) is 15.8. The van der Waals surface area contributed by atoms with Gasteiger partial charge in [0.1, 0.15) is 4.83 Å². The minimum Gasteiger partial charge on any atom is -0.397 e. The standard InChI is InChI=1S/C16H15N7OS/c1-8-11(3-10(17)5-19-8)13-14(9-4-20-22(2)7-9)25-16-12(15(18)24)6-21-23(13)16/h3-7H,17H2,1-2H3,(H2,18,24). The molecule has 4 N–H and O–H groups in total. The molecule has 1 amide bonds. The van der Waals surface area contributed by atoms with E-state index in [9.17, 15) is 4.79 Å². The molecule has 4 heterocycles. The molecule has 0 unspecified atom stereocenters. The molecule has 0 spiro atoms. The first-order valence-corrected chi connectivity index (χ1v) is 8.29. The number of pyridine rings is 1. The summed E-state index contributed by atoms with van der Waals surface area (Å²) < 4.78 is 3.44. The van der Waals surface area contributed by atoms with Crippen LogP contribution in [0.15, 0.2) is 30.9 Å². The van der Waals surface area contributed by atoms with Gasteiger partial charge in [0.05, 0.1) is 40.4 Å². The van der Waals surface area contributed by atoms with E-state index in [1.54, 1.807) is 21.6 Å². The van der Waals surface area contributed by atoms with Crippen molar-refractivity contribution >= 4 is 27.8 Å². The number of anilines is 1. The van der Waals surface area contributed by atoms with E-state index in [4.69, 9.17) is 11.5 Å². The van der Waals surface area contributed by atoms with Gasteiger partial charge in [0.2, 0.25) is 0 Å². The van der Waals surface area contributed by atoms with Crippen molar-refractivity contribution in [3.63, 3.8) is 0 Å². The van der Waals surface area contributed by atoms with Crippen LogP contribution in [0.25, 0.3) is 26.5 Å². The summed E-state index contributed by atoms with van der Waals surface area (Å²) in [7, 11) is 1.85. The molecule has 0 aliphatic carbocycles. The average Bonchev–Trinajstić information content (AvgIpc) is 3.23. The molecule has 0 aliphatic heterocycles. The Labute approximate surface area is 146 Å². The van der Waals surface area contributed by atoms with Gasteiger partial charge >= 0.3 is 0 Å². The summed E-state index contributed by atoms with van der Waals surface area (Å²) in [4.78, 5) is 17.7. The second-order valence-corrected chi connectivity index (χ2v) is 6.72. The number of nitrogens with two attached hydrogens (primary N) is 2. The van der Waals surface area contributed by atoms with Crippen LogP contribution in [0, 0.1) is 6.92 Å². The first-order chi connectivity index (χ1) is 12.0. The lowest BCUT2D eigenvalue weighted by Gasteiger charge is -2.07. The molecule has 4 aromatic rings. The highest BCUT2D eigenvalue weighted by molar-refractivity contribution is 7.21. The van der Waals surface area contributed by atoms with Gasteiger partial charge in [0.25, 0.3) is 5.91 Å². The molecule has 4 aromatic heterocycles. The van der Waals surface area contributed by atoms with E-state index < -0.39 is 5.91 Å². The average molecular weight is 353 g/mol. The van der Waals surface area contributed by atoms with E-state index in [-0.39, 0.29) is 0 Å². The quantitative estimate of drug-likeness (QED) is 0.583. The molecule has 0 fully saturated rings. The van der Waals surface area contributed by atoms with Gasteiger partial charge in [-0.05, 0) is 13.0 Å². The number of aromatic nitrogens is 5. The number of hydrogen-bond acceptors (Lipinski definition) is 6. The molecule has 126 valence electrons. The monoisotopic (exact) mass is 353 g/mol. The summed E-state index contributed by atoms with van der Waals surface area (Å²) in [6, 6.07) is 1.86. The van der Waals surface area contributed by atoms with Gasteiger partial charge < -0.3 is 11.5 Å². The minimum absolute atomic E-state index is 0.385. The SMILES string of the molecule is Cc1ncc(N)cc1-c1c(-c2cnn(C)c2)sc2c(C(N)=O)cnn12. The van der Waals surface area contributed by atoms with Crippen LogP contribution in [0.2, 0.25) is 0 Å². The minimum atomic E-state index is -0.511. The fraction of sp³-hybridized carbons (Fsp3) is 0.125. The van der Waals surface area contributed by atoms with Crippen molar-refractivity contribution in [2.75, 3.05) is 5.73 Å². The molecule has 8 nitrogen and oxygen atoms in total. The number of rotatable bonds is 3. The van der Waals surface area contributed by atoms with Crippen molar-refractivity contribution in [3.05, 3.63) is 42.1 Å². The van der Waals surface area contributed by atoms with Gasteiger partial charge in [0, 0.05) is 30.1 Å². The second-order valence-electron chi connectivity index (χ2n) is 5.72. The molecule has 0 aliphatic rings. The van der Waals surface area contributed by atoms with Crippen LogP contribution in [-0.4, -0.2) is 30.3 Å². The number of primary amides is 1. The number of aryl methyl sites for hydroxylation is 2. The highest BCUT2D eigenvalue weighted by atomic mass is 32.1. The Kier molecular flexibility index (Phi) is 3.32. The fourth-order valence-corrected chi connectivity index (χ4v) is 3.96. The lowest BCUT2D eigenvalue weighted by molar-refractivity contribution is 0.100. The van der Waals surface area contributed by atoms with Crippen LogP contribution in [0.4, 0.5) is 5.69 Å². The molecule has 4 rings (SSSR count). The Morgan fingerprint density at radius 1 is 1.24 bits per heavy atom. The molecule has 9 heteroatoms. The predicted octanol–water partition coefficient (Wildman–Crippen LogP) is 1.85. The van der Waals surface area contributed by atoms with Gasteiger partial charge in [0.15, 0.2) is 0 Å². The third-order valence-electron chi connectivity index (χ3n) is 3.95. The van der Waals surface area contributed by atoms with E-state index in [0.717, 1.165) is 27.4 Å². The fourth-order valence-electron chi connectivity index (χ4n) is 2.76. The zero-order chi connectivity index (χ0) is 17.7. The number of carbonyl (C=O) groups excluding carboxylic acids is 1. The molecule has 0 saturated heterocycles. The van der Waals surface area contributed by atoms with Gasteiger partial charge in [-0.2, -0.15) is 10.2 Å². The third kappa shape index (κ3) is 2.36. The first kappa shape index (κ1) is 15.3. The lowest BCUT2D eigenvalue weighted by Crippen LogP contribution is -2.09. The van der Waals surface area contributed by atoms with Gasteiger partial charge in [-0.15, -0.1) is 11.3 Å². The Morgan fingerprint density at radius 3 is 2.72 bits per heavy atom. The van der Waals surface area contributed by atoms with Crippen LogP contribution in [0.5, 0.6) is 0 Å². The van der Waals surface area contributed by atoms with Crippen LogP contribution in [0.1, 0.15) is 16.1 Å². The number of nitrogen functional groups attached to an aromatic ring is 1. The van der Waals surface area contributed by atoms with Crippen molar-refractivity contribution in [2.24, 2.45) is 12.8 Å². The van der Waals surface area contributed by atoms with E-state index in [2.05, 4.69) is 15.2 Å². The zero-order valence-corrected chi connectivity index (χ0v) is 14.4. The highest BCUT2D eigenvalue weighted by Gasteiger charge is 2.23. The van der Waals surface area contributed by atoms with Gasteiger partial charge in [-0.3, -0.25) is 14.5 Å². The van der Waals surface area contributed by atoms with Crippen LogP contribution in [0.3, 0.4) is 0 Å². The Hall–Kier alpha value is -3.20. The first-order valence-electron chi connectivity index (χ1n) is 7.47. The van der Waals surface area contributed by atoms with Gasteiger partial charge in [-0.1, -0.05) is 0 Å². The predicted molar refractivity (Wildman–Crippen MR) is 96.2 cm³/mol. The molecular formula is C16H15N7OS. The molecule has 0 bridgehead atoms. The van der Waals surface area contributed by atoms with Crippen molar-refractivity contribution in [2.45, 2.75) is 6.92 Å². The zero-order valence-electron chi connectivity index (χ0n) is 13.6. The van der Waals surface area contributed by atoms with Crippen molar-refractivity contribution in [1.29, 1.82) is 0 Å². The maximum atomic E-state index is 11.7. The number of fused-ring (bicyclic) bond motifs is 1. The highest BCUT2D eigenvalue weighted by Crippen LogP contribution is 2.41. The van der Waals surface area contributed by atoms with Crippen molar-refractivity contribution < 1.29 is 4.79 Å². The number of hydrogen-bond donors (Lipinski definition) is 2. The number of carbonyl (C=O) groups is 1. The molecule has 25 heavy (non-hydrogen) atoms. The summed E-state index contributed by atoms with van der Waals surface area (Å²) >= 11 is 1.44. The largest absolute Gasteiger partial charge is 0.397 e. The Balaban J connectivity index is 2.10. The summed E-state index contributed by atoms with van der Waals surface area (Å²) in [6.45, 7) is 1.91. The lowest BCUT2D eigenvalue weighted by atomic mass is 10.1. The van der Waals surface area contributed by atoms with E-state index >= 15 is 0 Å². The number of thiazole rings is 1. The maximum Gasteiger partial charge on any atom is 0.253 e. The molecule has 0 saturated carbocycles. The topological polar surface area (TPSA) is 117 Å². The van der Waals surface area contributed by atoms with Crippen molar-refractivity contribution in [1.82, 2.24) is 24.4 Å². The smallest absolute Gasteiger partial charge is 0.253 e. The molecule has 0 atom stereocenters. The summed E-state index contributed by atoms with van der Waals surface area (Å²) in [6.07, 6.45) is 6.78. The molecule has 0 aromatic carbocycles. The third-order valence-corrected chi connectivity index (χ3v) is 5.17. The second kappa shape index (κ2) is 5.42. The van der Waals surface area contributed by atoms with Gasteiger partial charge in [-0.25, -0.2) is 4.52 Å². The van der Waals surface area contributed by atoms with Crippen LogP contribution < -0.4 is 11.5 Å². The number of amides is 1. The molecular weight excluding hydrogens is 338 g/mol. The molecule has 0 radical (unpaired) electrons.